The molecular weight excluding hydrogens is 462 g/mol. The van der Waals surface area contributed by atoms with Crippen LogP contribution in [0.3, 0.4) is 0 Å². The molecular formula is C23H21N3O5S2. The fraction of sp³-hybridized carbons (Fsp3) is 0.261. The zero-order valence-electron chi connectivity index (χ0n) is 17.6. The Morgan fingerprint density at radius 1 is 0.939 bits per heavy atom. The van der Waals surface area contributed by atoms with Crippen LogP contribution >= 0.6 is 11.3 Å². The van der Waals surface area contributed by atoms with Gasteiger partial charge in [-0.2, -0.15) is 4.31 Å². The molecule has 0 saturated carbocycles. The van der Waals surface area contributed by atoms with Crippen molar-refractivity contribution in [3.8, 4) is 10.4 Å². The number of rotatable bonds is 4. The molecule has 0 spiro atoms. The topological polar surface area (TPSA) is 101 Å². The number of non-ortho nitro benzene ring substituents is 1. The van der Waals surface area contributed by atoms with E-state index in [1.807, 2.05) is 18.2 Å². The maximum Gasteiger partial charge on any atom is 0.269 e. The molecule has 0 atom stereocenters. The lowest BCUT2D eigenvalue weighted by Gasteiger charge is -2.33. The average Bonchev–Trinajstić information content (AvgIpc) is 3.29. The van der Waals surface area contributed by atoms with Crippen molar-refractivity contribution in [1.29, 1.82) is 0 Å². The summed E-state index contributed by atoms with van der Waals surface area (Å²) < 4.78 is 27.2. The Hall–Kier alpha value is -3.08. The highest BCUT2D eigenvalue weighted by Crippen LogP contribution is 2.40. The molecule has 1 aliphatic heterocycles. The van der Waals surface area contributed by atoms with E-state index in [-0.39, 0.29) is 29.6 Å². The van der Waals surface area contributed by atoms with Crippen LogP contribution < -0.4 is 0 Å². The van der Waals surface area contributed by atoms with Crippen LogP contribution in [0.25, 0.3) is 10.4 Å². The lowest BCUT2D eigenvalue weighted by molar-refractivity contribution is -0.384. The number of fused-ring (bicyclic) bond motifs is 3. The van der Waals surface area contributed by atoms with E-state index in [1.54, 1.807) is 4.90 Å². The zero-order valence-corrected chi connectivity index (χ0v) is 19.3. The molecule has 1 saturated heterocycles. The number of nitro groups is 1. The number of aryl methyl sites for hydroxylation is 2. The maximum absolute atomic E-state index is 13.2. The fourth-order valence-electron chi connectivity index (χ4n) is 4.35. The molecule has 33 heavy (non-hydrogen) atoms. The van der Waals surface area contributed by atoms with E-state index in [0.717, 1.165) is 17.7 Å². The summed E-state index contributed by atoms with van der Waals surface area (Å²) in [7, 11) is -3.78. The molecule has 1 aliphatic carbocycles. The van der Waals surface area contributed by atoms with Crippen LogP contribution in [0.5, 0.6) is 0 Å². The van der Waals surface area contributed by atoms with Gasteiger partial charge in [0, 0.05) is 43.2 Å². The Morgan fingerprint density at radius 3 is 2.30 bits per heavy atom. The summed E-state index contributed by atoms with van der Waals surface area (Å²) in [6, 6.07) is 15.1. The van der Waals surface area contributed by atoms with Gasteiger partial charge in [-0.25, -0.2) is 8.42 Å². The van der Waals surface area contributed by atoms with Gasteiger partial charge in [0.25, 0.3) is 11.6 Å². The summed E-state index contributed by atoms with van der Waals surface area (Å²) in [6.07, 6.45) is 1.88. The first kappa shape index (κ1) is 21.7. The Balaban J connectivity index is 1.28. The fourth-order valence-corrected chi connectivity index (χ4v) is 7.01. The van der Waals surface area contributed by atoms with Gasteiger partial charge < -0.3 is 4.90 Å². The van der Waals surface area contributed by atoms with E-state index in [1.165, 1.54) is 56.6 Å². The number of carbonyl (C=O) groups is 1. The third kappa shape index (κ3) is 3.94. The number of sulfonamides is 1. The van der Waals surface area contributed by atoms with Crippen molar-refractivity contribution in [2.24, 2.45) is 0 Å². The molecule has 2 aliphatic rings. The van der Waals surface area contributed by atoms with Crippen LogP contribution in [0.15, 0.2) is 59.5 Å². The van der Waals surface area contributed by atoms with Crippen molar-refractivity contribution in [2.45, 2.75) is 17.7 Å². The molecule has 2 aromatic carbocycles. The summed E-state index contributed by atoms with van der Waals surface area (Å²) in [5.74, 6) is -0.0701. The van der Waals surface area contributed by atoms with E-state index in [2.05, 4.69) is 12.1 Å². The lowest BCUT2D eigenvalue weighted by Crippen LogP contribution is -2.50. The monoisotopic (exact) mass is 483 g/mol. The minimum absolute atomic E-state index is 0.0115. The minimum atomic E-state index is -3.78. The van der Waals surface area contributed by atoms with Gasteiger partial charge in [0.2, 0.25) is 10.0 Å². The molecule has 5 rings (SSSR count). The Morgan fingerprint density at radius 2 is 1.61 bits per heavy atom. The van der Waals surface area contributed by atoms with E-state index in [4.69, 9.17) is 0 Å². The van der Waals surface area contributed by atoms with Gasteiger partial charge in [0.05, 0.1) is 14.7 Å². The second-order valence-electron chi connectivity index (χ2n) is 8.07. The van der Waals surface area contributed by atoms with E-state index in [9.17, 15) is 23.3 Å². The summed E-state index contributed by atoms with van der Waals surface area (Å²) in [4.78, 5) is 27.0. The summed E-state index contributed by atoms with van der Waals surface area (Å²) >= 11 is 1.51. The third-order valence-corrected chi connectivity index (χ3v) is 9.27. The zero-order chi connectivity index (χ0) is 23.2. The van der Waals surface area contributed by atoms with Crippen molar-refractivity contribution < 1.29 is 18.1 Å². The van der Waals surface area contributed by atoms with Crippen LogP contribution in [0, 0.1) is 10.1 Å². The first-order chi connectivity index (χ1) is 15.8. The predicted octanol–water partition coefficient (Wildman–Crippen LogP) is 3.57. The maximum atomic E-state index is 13.2. The van der Waals surface area contributed by atoms with Gasteiger partial charge in [0.15, 0.2) is 0 Å². The molecule has 170 valence electrons. The molecule has 3 aromatic rings. The Bertz CT molecular complexity index is 1340. The number of carbonyl (C=O) groups excluding carboxylic acids is 1. The van der Waals surface area contributed by atoms with Crippen LogP contribution in [0.2, 0.25) is 0 Å². The van der Waals surface area contributed by atoms with Crippen LogP contribution in [0.1, 0.15) is 20.8 Å². The van der Waals surface area contributed by atoms with Crippen molar-refractivity contribution in [3.63, 3.8) is 0 Å². The second kappa shape index (κ2) is 8.36. The van der Waals surface area contributed by atoms with E-state index < -0.39 is 14.9 Å². The molecule has 10 heteroatoms. The molecule has 1 aromatic heterocycles. The van der Waals surface area contributed by atoms with Gasteiger partial charge in [-0.3, -0.25) is 14.9 Å². The number of hydrogen-bond acceptors (Lipinski definition) is 6. The summed E-state index contributed by atoms with van der Waals surface area (Å²) in [5.41, 5.74) is 3.53. The Labute approximate surface area is 195 Å². The number of amides is 1. The summed E-state index contributed by atoms with van der Waals surface area (Å²) in [5, 5.41) is 10.8. The first-order valence-electron chi connectivity index (χ1n) is 10.6. The number of nitro benzene ring substituents is 1. The predicted molar refractivity (Wildman–Crippen MR) is 125 cm³/mol. The lowest BCUT2D eigenvalue weighted by atomic mass is 9.91. The van der Waals surface area contributed by atoms with Crippen LogP contribution in [-0.2, 0) is 22.9 Å². The normalized spacial score (nSPS) is 16.2. The molecule has 1 fully saturated rings. The number of nitrogens with zero attached hydrogens (tertiary/aromatic N) is 3. The quantitative estimate of drug-likeness (QED) is 0.417. The highest BCUT2D eigenvalue weighted by Gasteiger charge is 2.32. The van der Waals surface area contributed by atoms with E-state index >= 15 is 0 Å². The third-order valence-electron chi connectivity index (χ3n) is 6.16. The standard InChI is InChI=1S/C23H21N3O5S2/c27-23(21-15-17-6-5-16-3-1-2-4-20(16)22(17)32-21)24-11-13-25(14-12-24)33(30,31)19-9-7-18(8-10-19)26(28)29/h1-4,7-10,15H,5-6,11-14H2. The first-order valence-corrected chi connectivity index (χ1v) is 12.8. The highest BCUT2D eigenvalue weighted by molar-refractivity contribution is 7.89. The highest BCUT2D eigenvalue weighted by atomic mass is 32.2. The van der Waals surface area contributed by atoms with Gasteiger partial charge in [-0.05, 0) is 47.7 Å². The molecule has 0 N–H and O–H groups in total. The Kier molecular flexibility index (Phi) is 5.51. The van der Waals surface area contributed by atoms with Crippen molar-refractivity contribution in [2.75, 3.05) is 26.2 Å². The van der Waals surface area contributed by atoms with Crippen LogP contribution in [0.4, 0.5) is 5.69 Å². The smallest absolute Gasteiger partial charge is 0.269 e. The molecule has 0 radical (unpaired) electrons. The molecule has 2 heterocycles. The number of hydrogen-bond donors (Lipinski definition) is 0. The minimum Gasteiger partial charge on any atom is -0.335 e. The van der Waals surface area contributed by atoms with Crippen molar-refractivity contribution >= 4 is 33.0 Å². The number of thiophene rings is 1. The molecule has 1 amide bonds. The molecule has 0 unspecified atom stereocenters. The molecule has 8 nitrogen and oxygen atoms in total. The number of piperazine rings is 1. The largest absolute Gasteiger partial charge is 0.335 e. The molecule has 0 bridgehead atoms. The van der Waals surface area contributed by atoms with Gasteiger partial charge in [0.1, 0.15) is 0 Å². The second-order valence-corrected chi connectivity index (χ2v) is 11.1. The summed E-state index contributed by atoms with van der Waals surface area (Å²) in [6.45, 7) is 0.951. The number of benzene rings is 2. The van der Waals surface area contributed by atoms with E-state index in [0.29, 0.717) is 18.0 Å². The van der Waals surface area contributed by atoms with Crippen molar-refractivity contribution in [1.82, 2.24) is 9.21 Å². The van der Waals surface area contributed by atoms with Gasteiger partial charge in [-0.15, -0.1) is 11.3 Å². The SMILES string of the molecule is O=C(c1cc2c(s1)-c1ccccc1CC2)N1CCN(S(=O)(=O)c2ccc([N+](=O)[O-])cc2)CC1. The van der Waals surface area contributed by atoms with Gasteiger partial charge >= 0.3 is 0 Å². The van der Waals surface area contributed by atoms with Crippen molar-refractivity contribution in [3.05, 3.63) is 80.7 Å². The van der Waals surface area contributed by atoms with Gasteiger partial charge in [-0.1, -0.05) is 24.3 Å². The van der Waals surface area contributed by atoms with Crippen LogP contribution in [-0.4, -0.2) is 54.6 Å². The average molecular weight is 484 g/mol.